The molecule has 1 amide bonds. The largest absolute Gasteiger partial charge is 0.506 e. The molecule has 0 bridgehead atoms. The van der Waals surface area contributed by atoms with Gasteiger partial charge in [-0.1, -0.05) is 28.1 Å². The summed E-state index contributed by atoms with van der Waals surface area (Å²) >= 11 is 5.37. The molecule has 2 aromatic carbocycles. The maximum Gasteiger partial charge on any atom is 0.260 e. The highest BCUT2D eigenvalue weighted by molar-refractivity contribution is 14.1. The molecular formula is C18H13BrIN7O3. The molecule has 4 N–H and O–H groups in total. The summed E-state index contributed by atoms with van der Waals surface area (Å²) in [4.78, 5) is 17.0. The van der Waals surface area contributed by atoms with Gasteiger partial charge in [-0.15, -0.1) is 0 Å². The summed E-state index contributed by atoms with van der Waals surface area (Å²) in [6, 6.07) is 10.8. The summed E-state index contributed by atoms with van der Waals surface area (Å²) < 4.78 is 7.76. The molecule has 0 spiro atoms. The Kier molecular flexibility index (Phi) is 5.67. The summed E-state index contributed by atoms with van der Waals surface area (Å²) in [7, 11) is 0. The molecule has 12 heteroatoms. The standard InChI is InChI=1S/C18H13BrIN7O3/c19-10-5-9(16(29)11(20)6-10)7-22-24-14(28)8-27-13-4-2-1-3-12(13)23-18(27)15-17(21)26-30-25-15/h1-7,29H,8H2,(H2,21,26)(H,24,28)/b22-7-. The van der Waals surface area contributed by atoms with Crippen LogP contribution in [0.4, 0.5) is 5.82 Å². The van der Waals surface area contributed by atoms with Crippen LogP contribution < -0.4 is 11.2 Å². The van der Waals surface area contributed by atoms with E-state index in [0.29, 0.717) is 26.0 Å². The molecule has 0 aliphatic rings. The minimum atomic E-state index is -0.408. The Bertz CT molecular complexity index is 1280. The average molecular weight is 582 g/mol. The van der Waals surface area contributed by atoms with E-state index in [4.69, 9.17) is 5.73 Å². The number of hydrogen-bond acceptors (Lipinski definition) is 8. The number of nitrogens with one attached hydrogen (secondary N) is 1. The zero-order chi connectivity index (χ0) is 21.3. The fraction of sp³-hybridized carbons (Fsp3) is 0.0556. The third kappa shape index (κ3) is 4.00. The van der Waals surface area contributed by atoms with Crippen LogP contribution in [0.25, 0.3) is 22.6 Å². The molecule has 0 atom stereocenters. The first kappa shape index (κ1) is 20.3. The highest BCUT2D eigenvalue weighted by Crippen LogP contribution is 2.28. The van der Waals surface area contributed by atoms with E-state index in [9.17, 15) is 9.90 Å². The van der Waals surface area contributed by atoms with Crippen LogP contribution in [-0.2, 0) is 11.3 Å². The highest BCUT2D eigenvalue weighted by Gasteiger charge is 2.20. The lowest BCUT2D eigenvalue weighted by Crippen LogP contribution is -2.23. The Labute approximate surface area is 191 Å². The highest BCUT2D eigenvalue weighted by atomic mass is 127. The second kappa shape index (κ2) is 8.39. The number of hydrazone groups is 1. The summed E-state index contributed by atoms with van der Waals surface area (Å²) in [5.74, 6) is 0.0987. The topological polar surface area (TPSA) is 144 Å². The van der Waals surface area contributed by atoms with Gasteiger partial charge < -0.3 is 15.4 Å². The van der Waals surface area contributed by atoms with Gasteiger partial charge in [0.25, 0.3) is 5.91 Å². The number of carbonyl (C=O) groups excluding carboxylic acids is 1. The third-order valence-electron chi connectivity index (χ3n) is 4.13. The molecule has 4 aromatic rings. The van der Waals surface area contributed by atoms with Gasteiger partial charge in [0.2, 0.25) is 0 Å². The van der Waals surface area contributed by atoms with E-state index < -0.39 is 5.91 Å². The van der Waals surface area contributed by atoms with Gasteiger partial charge in [-0.3, -0.25) is 4.79 Å². The zero-order valence-electron chi connectivity index (χ0n) is 15.1. The fourth-order valence-electron chi connectivity index (χ4n) is 2.80. The minimum absolute atomic E-state index is 0.0738. The normalized spacial score (nSPS) is 11.4. The van der Waals surface area contributed by atoms with Crippen LogP contribution in [0.5, 0.6) is 5.75 Å². The predicted octanol–water partition coefficient (Wildman–Crippen LogP) is 2.89. The first-order valence-electron chi connectivity index (χ1n) is 8.47. The fourth-order valence-corrected chi connectivity index (χ4v) is 4.35. The second-order valence-electron chi connectivity index (χ2n) is 6.13. The van der Waals surface area contributed by atoms with Gasteiger partial charge in [0.05, 0.1) is 20.8 Å². The zero-order valence-corrected chi connectivity index (χ0v) is 18.8. The number of hydrogen-bond donors (Lipinski definition) is 3. The lowest BCUT2D eigenvalue weighted by atomic mass is 10.2. The number of imidazole rings is 1. The Morgan fingerprint density at radius 2 is 2.17 bits per heavy atom. The van der Waals surface area contributed by atoms with Crippen LogP contribution in [-0.4, -0.2) is 37.1 Å². The van der Waals surface area contributed by atoms with Crippen molar-refractivity contribution in [3.05, 3.63) is 50.0 Å². The lowest BCUT2D eigenvalue weighted by molar-refractivity contribution is -0.121. The minimum Gasteiger partial charge on any atom is -0.506 e. The predicted molar refractivity (Wildman–Crippen MR) is 122 cm³/mol. The molecule has 2 aromatic heterocycles. The van der Waals surface area contributed by atoms with Gasteiger partial charge in [-0.25, -0.2) is 15.0 Å². The first-order valence-corrected chi connectivity index (χ1v) is 10.3. The Hall–Kier alpha value is -3.00. The number of halogens is 2. The van der Waals surface area contributed by atoms with Crippen molar-refractivity contribution in [2.75, 3.05) is 5.73 Å². The Balaban J connectivity index is 1.59. The maximum atomic E-state index is 12.5. The molecule has 0 unspecified atom stereocenters. The number of amides is 1. The summed E-state index contributed by atoms with van der Waals surface area (Å²) in [5, 5.41) is 21.4. The van der Waals surface area contributed by atoms with Crippen LogP contribution in [0.2, 0.25) is 0 Å². The molecular weight excluding hydrogens is 569 g/mol. The van der Waals surface area contributed by atoms with Gasteiger partial charge >= 0.3 is 0 Å². The lowest BCUT2D eigenvalue weighted by Gasteiger charge is -2.07. The van der Waals surface area contributed by atoms with Crippen molar-refractivity contribution in [3.63, 3.8) is 0 Å². The van der Waals surface area contributed by atoms with Crippen LogP contribution in [0.3, 0.4) is 0 Å². The average Bonchev–Trinajstić information content (AvgIpc) is 3.29. The van der Waals surface area contributed by atoms with E-state index in [1.165, 1.54) is 6.21 Å². The van der Waals surface area contributed by atoms with Gasteiger partial charge in [-0.05, 0) is 57.2 Å². The number of fused-ring (bicyclic) bond motifs is 1. The number of carbonyl (C=O) groups is 1. The van der Waals surface area contributed by atoms with Crippen LogP contribution in [0.1, 0.15) is 5.56 Å². The van der Waals surface area contributed by atoms with E-state index in [-0.39, 0.29) is 23.8 Å². The number of aromatic nitrogens is 4. The number of phenols is 1. The number of anilines is 1. The molecule has 0 aliphatic heterocycles. The van der Waals surface area contributed by atoms with Crippen molar-refractivity contribution in [1.82, 2.24) is 25.3 Å². The molecule has 2 heterocycles. The quantitative estimate of drug-likeness (QED) is 0.187. The van der Waals surface area contributed by atoms with E-state index in [1.54, 1.807) is 16.7 Å². The van der Waals surface area contributed by atoms with E-state index in [2.05, 4.69) is 46.4 Å². The number of aromatic hydroxyl groups is 1. The summed E-state index contributed by atoms with van der Waals surface area (Å²) in [6.45, 7) is -0.0957. The van der Waals surface area contributed by atoms with E-state index in [1.807, 2.05) is 46.9 Å². The Morgan fingerprint density at radius 1 is 1.37 bits per heavy atom. The molecule has 0 saturated heterocycles. The van der Waals surface area contributed by atoms with Crippen LogP contribution >= 0.6 is 38.5 Å². The Morgan fingerprint density at radius 3 is 2.93 bits per heavy atom. The maximum absolute atomic E-state index is 12.5. The van der Waals surface area contributed by atoms with Gasteiger partial charge in [-0.2, -0.15) is 5.10 Å². The van der Waals surface area contributed by atoms with E-state index in [0.717, 1.165) is 4.47 Å². The molecule has 30 heavy (non-hydrogen) atoms. The van der Waals surface area contributed by atoms with Gasteiger partial charge in [0.1, 0.15) is 12.3 Å². The molecule has 0 saturated carbocycles. The summed E-state index contributed by atoms with van der Waals surface area (Å²) in [5.41, 5.74) is 10.3. The number of phenolic OH excluding ortho intramolecular Hbond substituents is 1. The molecule has 10 nitrogen and oxygen atoms in total. The monoisotopic (exact) mass is 581 g/mol. The number of benzene rings is 2. The van der Waals surface area contributed by atoms with Crippen molar-refractivity contribution >= 4 is 67.5 Å². The first-order chi connectivity index (χ1) is 14.4. The van der Waals surface area contributed by atoms with Crippen molar-refractivity contribution in [2.24, 2.45) is 5.10 Å². The van der Waals surface area contributed by atoms with E-state index >= 15 is 0 Å². The molecule has 0 radical (unpaired) electrons. The molecule has 0 fully saturated rings. The van der Waals surface area contributed by atoms with Crippen LogP contribution in [0, 0.1) is 3.57 Å². The molecule has 4 rings (SSSR count). The molecule has 0 aliphatic carbocycles. The van der Waals surface area contributed by atoms with Gasteiger partial charge in [0.15, 0.2) is 17.3 Å². The number of nitrogens with two attached hydrogens (primary N) is 1. The SMILES string of the molecule is Nc1nonc1-c1nc2ccccc2n1CC(=O)N/N=C\c1cc(Br)cc(I)c1O. The van der Waals surface area contributed by atoms with Crippen molar-refractivity contribution in [2.45, 2.75) is 6.54 Å². The second-order valence-corrected chi connectivity index (χ2v) is 8.20. The van der Waals surface area contributed by atoms with Crippen LogP contribution in [0.15, 0.2) is 50.6 Å². The number of rotatable bonds is 5. The number of para-hydroxylation sites is 2. The summed E-state index contributed by atoms with van der Waals surface area (Å²) in [6.07, 6.45) is 1.37. The number of nitrogens with zero attached hydrogens (tertiary/aromatic N) is 5. The number of nitrogen functional groups attached to an aromatic ring is 1. The molecule has 152 valence electrons. The van der Waals surface area contributed by atoms with Crippen molar-refractivity contribution in [1.29, 1.82) is 0 Å². The van der Waals surface area contributed by atoms with Gasteiger partial charge in [0, 0.05) is 10.0 Å². The van der Waals surface area contributed by atoms with Crippen molar-refractivity contribution in [3.8, 4) is 17.3 Å². The smallest absolute Gasteiger partial charge is 0.260 e. The van der Waals surface area contributed by atoms with Crippen molar-refractivity contribution < 1.29 is 14.5 Å². The third-order valence-corrected chi connectivity index (χ3v) is 5.41.